The van der Waals surface area contributed by atoms with Crippen LogP contribution in [0.2, 0.25) is 5.02 Å². The molecule has 0 heterocycles. The van der Waals surface area contributed by atoms with Crippen LogP contribution in [0.25, 0.3) is 0 Å². The molecule has 0 atom stereocenters. The Bertz CT molecular complexity index is 828. The molecule has 0 spiro atoms. The van der Waals surface area contributed by atoms with Gasteiger partial charge in [-0.25, -0.2) is 4.39 Å². The van der Waals surface area contributed by atoms with Crippen LogP contribution in [0.15, 0.2) is 54.2 Å². The number of hydrazone groups is 1. The molecule has 8 heteroatoms. The van der Waals surface area contributed by atoms with E-state index in [9.17, 15) is 4.39 Å². The van der Waals surface area contributed by atoms with E-state index in [4.69, 9.17) is 33.3 Å². The van der Waals surface area contributed by atoms with Crippen molar-refractivity contribution in [3.05, 3.63) is 71.0 Å². The van der Waals surface area contributed by atoms with Crippen molar-refractivity contribution in [2.24, 2.45) is 5.10 Å². The van der Waals surface area contributed by atoms with E-state index >= 15 is 0 Å². The number of methoxy groups -OCH3 is 1. The molecule has 0 aromatic heterocycles. The molecule has 0 saturated heterocycles. The minimum absolute atomic E-state index is 0.231. The van der Waals surface area contributed by atoms with Crippen LogP contribution in [0.1, 0.15) is 11.1 Å². The molecule has 0 unspecified atom stereocenters. The molecular formula is C19H19ClFN3O2S. The number of benzene rings is 2. The number of hydrogen-bond donors (Lipinski definition) is 2. The van der Waals surface area contributed by atoms with E-state index in [1.165, 1.54) is 19.2 Å². The lowest BCUT2D eigenvalue weighted by atomic mass is 10.2. The SMILES string of the molecule is C=CCNC(=S)N/N=C/c1cc(Cl)c(OCc2ccc(F)cc2)c(OC)c1. The van der Waals surface area contributed by atoms with Gasteiger partial charge in [0.05, 0.1) is 18.3 Å². The molecule has 142 valence electrons. The van der Waals surface area contributed by atoms with E-state index in [0.29, 0.717) is 33.7 Å². The summed E-state index contributed by atoms with van der Waals surface area (Å²) >= 11 is 11.4. The number of rotatable bonds is 8. The van der Waals surface area contributed by atoms with E-state index in [2.05, 4.69) is 22.4 Å². The van der Waals surface area contributed by atoms with Gasteiger partial charge in [0, 0.05) is 6.54 Å². The number of thiocarbonyl (C=S) groups is 1. The highest BCUT2D eigenvalue weighted by Gasteiger charge is 2.12. The summed E-state index contributed by atoms with van der Waals surface area (Å²) in [5, 5.41) is 7.67. The van der Waals surface area contributed by atoms with Crippen LogP contribution in [-0.4, -0.2) is 25.0 Å². The molecule has 0 amide bonds. The highest BCUT2D eigenvalue weighted by molar-refractivity contribution is 7.80. The van der Waals surface area contributed by atoms with Gasteiger partial charge in [0.1, 0.15) is 12.4 Å². The van der Waals surface area contributed by atoms with Crippen LogP contribution in [0.5, 0.6) is 11.5 Å². The molecule has 0 aliphatic heterocycles. The van der Waals surface area contributed by atoms with Crippen molar-refractivity contribution in [3.8, 4) is 11.5 Å². The average molecular weight is 408 g/mol. The summed E-state index contributed by atoms with van der Waals surface area (Å²) < 4.78 is 24.1. The molecular weight excluding hydrogens is 389 g/mol. The summed E-state index contributed by atoms with van der Waals surface area (Å²) in [5.41, 5.74) is 4.19. The van der Waals surface area contributed by atoms with Gasteiger partial charge in [0.15, 0.2) is 16.6 Å². The summed E-state index contributed by atoms with van der Waals surface area (Å²) in [4.78, 5) is 0. The van der Waals surface area contributed by atoms with Gasteiger partial charge in [-0.1, -0.05) is 29.8 Å². The van der Waals surface area contributed by atoms with Gasteiger partial charge < -0.3 is 14.8 Å². The van der Waals surface area contributed by atoms with Gasteiger partial charge in [0.25, 0.3) is 0 Å². The summed E-state index contributed by atoms with van der Waals surface area (Å²) in [6, 6.07) is 9.46. The largest absolute Gasteiger partial charge is 0.493 e. The van der Waals surface area contributed by atoms with Crippen LogP contribution >= 0.6 is 23.8 Å². The lowest BCUT2D eigenvalue weighted by molar-refractivity contribution is 0.284. The molecule has 2 aromatic rings. The van der Waals surface area contributed by atoms with E-state index < -0.39 is 0 Å². The molecule has 2 aromatic carbocycles. The number of nitrogens with one attached hydrogen (secondary N) is 2. The van der Waals surface area contributed by atoms with Gasteiger partial charge in [-0.05, 0) is 47.6 Å². The molecule has 0 aliphatic rings. The Balaban J connectivity index is 2.06. The lowest BCUT2D eigenvalue weighted by Gasteiger charge is -2.13. The maximum atomic E-state index is 13.0. The lowest BCUT2D eigenvalue weighted by Crippen LogP contribution is -2.31. The predicted octanol–water partition coefficient (Wildman–Crippen LogP) is 4.05. The average Bonchev–Trinajstić information content (AvgIpc) is 2.66. The summed E-state index contributed by atoms with van der Waals surface area (Å²) in [5.74, 6) is 0.556. The molecule has 5 nitrogen and oxygen atoms in total. The zero-order valence-electron chi connectivity index (χ0n) is 14.7. The van der Waals surface area contributed by atoms with E-state index in [0.717, 1.165) is 5.56 Å². The first kappa shape index (κ1) is 20.7. The fraction of sp³-hybridized carbons (Fsp3) is 0.158. The van der Waals surface area contributed by atoms with Crippen molar-refractivity contribution in [2.45, 2.75) is 6.61 Å². The van der Waals surface area contributed by atoms with Gasteiger partial charge in [-0.15, -0.1) is 6.58 Å². The molecule has 2 N–H and O–H groups in total. The molecule has 2 rings (SSSR count). The highest BCUT2D eigenvalue weighted by atomic mass is 35.5. The minimum atomic E-state index is -0.300. The maximum absolute atomic E-state index is 13.0. The van der Waals surface area contributed by atoms with Crippen LogP contribution < -0.4 is 20.2 Å². The Morgan fingerprint density at radius 1 is 1.33 bits per heavy atom. The van der Waals surface area contributed by atoms with Crippen molar-refractivity contribution >= 4 is 35.1 Å². The molecule has 0 saturated carbocycles. The first-order valence-electron chi connectivity index (χ1n) is 7.96. The van der Waals surface area contributed by atoms with Crippen LogP contribution in [0.4, 0.5) is 4.39 Å². The summed E-state index contributed by atoms with van der Waals surface area (Å²) in [7, 11) is 1.52. The number of hydrogen-bond acceptors (Lipinski definition) is 4. The Morgan fingerprint density at radius 2 is 2.07 bits per heavy atom. The summed E-state index contributed by atoms with van der Waals surface area (Å²) in [6.07, 6.45) is 3.24. The molecule has 0 aliphatic carbocycles. The van der Waals surface area contributed by atoms with Crippen molar-refractivity contribution in [3.63, 3.8) is 0 Å². The quantitative estimate of drug-likeness (QED) is 0.299. The van der Waals surface area contributed by atoms with Crippen molar-refractivity contribution < 1.29 is 13.9 Å². The monoisotopic (exact) mass is 407 g/mol. The summed E-state index contributed by atoms with van der Waals surface area (Å²) in [6.45, 7) is 4.36. The molecule has 0 fully saturated rings. The second-order valence-electron chi connectivity index (χ2n) is 5.32. The standard InChI is InChI=1S/C19H19ClFN3O2S/c1-3-8-22-19(27)24-23-11-14-9-16(20)18(17(10-14)25-2)26-12-13-4-6-15(21)7-5-13/h3-7,9-11H,1,8,12H2,2H3,(H2,22,24,27)/b23-11+. The zero-order chi connectivity index (χ0) is 19.6. The van der Waals surface area contributed by atoms with Gasteiger partial charge in [0.2, 0.25) is 0 Å². The third kappa shape index (κ3) is 6.54. The second-order valence-corrected chi connectivity index (χ2v) is 6.13. The van der Waals surface area contributed by atoms with Crippen LogP contribution in [-0.2, 0) is 6.61 Å². The normalized spacial score (nSPS) is 10.5. The zero-order valence-corrected chi connectivity index (χ0v) is 16.2. The van der Waals surface area contributed by atoms with Crippen molar-refractivity contribution in [1.82, 2.24) is 10.7 Å². The number of halogens is 2. The van der Waals surface area contributed by atoms with Gasteiger partial charge in [-0.2, -0.15) is 5.10 Å². The molecule has 0 radical (unpaired) electrons. The minimum Gasteiger partial charge on any atom is -0.493 e. The molecule has 27 heavy (non-hydrogen) atoms. The second kappa shape index (κ2) is 10.5. The fourth-order valence-electron chi connectivity index (χ4n) is 2.06. The van der Waals surface area contributed by atoms with Gasteiger partial charge in [-0.3, -0.25) is 5.43 Å². The molecule has 0 bridgehead atoms. The Hall–Kier alpha value is -2.64. The fourth-order valence-corrected chi connectivity index (χ4v) is 2.47. The first-order chi connectivity index (χ1) is 13.0. The predicted molar refractivity (Wildman–Crippen MR) is 110 cm³/mol. The van der Waals surface area contributed by atoms with Crippen LogP contribution in [0, 0.1) is 5.82 Å². The topological polar surface area (TPSA) is 54.9 Å². The highest BCUT2D eigenvalue weighted by Crippen LogP contribution is 2.36. The maximum Gasteiger partial charge on any atom is 0.187 e. The van der Waals surface area contributed by atoms with E-state index in [1.807, 2.05) is 0 Å². The Kier molecular flexibility index (Phi) is 8.03. The van der Waals surface area contributed by atoms with Crippen LogP contribution in [0.3, 0.4) is 0 Å². The number of ether oxygens (including phenoxy) is 2. The smallest absolute Gasteiger partial charge is 0.187 e. The Labute approximate surface area is 167 Å². The third-order valence-corrected chi connectivity index (χ3v) is 3.85. The van der Waals surface area contributed by atoms with E-state index in [1.54, 1.807) is 36.6 Å². The van der Waals surface area contributed by atoms with E-state index in [-0.39, 0.29) is 12.4 Å². The Morgan fingerprint density at radius 3 is 2.74 bits per heavy atom. The third-order valence-electron chi connectivity index (χ3n) is 3.33. The van der Waals surface area contributed by atoms with Crippen molar-refractivity contribution in [1.29, 1.82) is 0 Å². The van der Waals surface area contributed by atoms with Gasteiger partial charge >= 0.3 is 0 Å². The first-order valence-corrected chi connectivity index (χ1v) is 8.74. The van der Waals surface area contributed by atoms with Crippen molar-refractivity contribution in [2.75, 3.05) is 13.7 Å². The number of nitrogens with zero attached hydrogens (tertiary/aromatic N) is 1.